The van der Waals surface area contributed by atoms with Crippen molar-refractivity contribution in [1.29, 1.82) is 0 Å². The van der Waals surface area contributed by atoms with Crippen LogP contribution in [0.1, 0.15) is 46.0 Å². The normalized spacial score (nSPS) is 27.2. The number of rotatable bonds is 9. The highest BCUT2D eigenvalue weighted by Gasteiger charge is 2.20. The second kappa shape index (κ2) is 9.70. The van der Waals surface area contributed by atoms with Gasteiger partial charge < -0.3 is 19.9 Å². The van der Waals surface area contributed by atoms with E-state index in [1.165, 1.54) is 12.8 Å². The van der Waals surface area contributed by atoms with Crippen molar-refractivity contribution in [3.63, 3.8) is 0 Å². The van der Waals surface area contributed by atoms with Crippen LogP contribution in [-0.4, -0.2) is 50.2 Å². The molecule has 1 aliphatic rings. The lowest BCUT2D eigenvalue weighted by Crippen LogP contribution is -2.37. The highest BCUT2D eigenvalue weighted by atomic mass is 16.5. The van der Waals surface area contributed by atoms with Crippen molar-refractivity contribution in [2.45, 2.75) is 64.2 Å². The van der Waals surface area contributed by atoms with Crippen LogP contribution in [0.5, 0.6) is 0 Å². The molecule has 0 radical (unpaired) electrons. The third-order valence-electron chi connectivity index (χ3n) is 3.87. The van der Waals surface area contributed by atoms with E-state index < -0.39 is 6.10 Å². The van der Waals surface area contributed by atoms with E-state index >= 15 is 0 Å². The molecule has 1 aliphatic carbocycles. The van der Waals surface area contributed by atoms with Crippen LogP contribution in [0.4, 0.5) is 0 Å². The van der Waals surface area contributed by atoms with E-state index in [2.05, 4.69) is 19.2 Å². The number of hydrogen-bond donors (Lipinski definition) is 2. The molecule has 0 aromatic heterocycles. The molecule has 0 aliphatic heterocycles. The van der Waals surface area contributed by atoms with Crippen molar-refractivity contribution in [3.05, 3.63) is 0 Å². The Bertz CT molecular complexity index is 225. The second-order valence-electron chi connectivity index (χ2n) is 5.97. The number of hydrogen-bond acceptors (Lipinski definition) is 4. The second-order valence-corrected chi connectivity index (χ2v) is 5.97. The van der Waals surface area contributed by atoms with Crippen LogP contribution in [0, 0.1) is 5.92 Å². The molecule has 0 spiro atoms. The fraction of sp³-hybridized carbons (Fsp3) is 1.00. The number of methoxy groups -OCH3 is 1. The largest absolute Gasteiger partial charge is 0.389 e. The number of aliphatic hydroxyl groups excluding tert-OH is 1. The standard InChI is InChI=1S/C15H31NO3/c1-12-5-4-6-15(9-12)19-11-14(17)10-16-13(2)7-8-18-3/h12-17H,4-11H2,1-3H3. The molecule has 4 nitrogen and oxygen atoms in total. The molecule has 19 heavy (non-hydrogen) atoms. The molecule has 0 aromatic rings. The molecular weight excluding hydrogens is 242 g/mol. The lowest BCUT2D eigenvalue weighted by molar-refractivity contribution is -0.0312. The van der Waals surface area contributed by atoms with Gasteiger partial charge in [-0.05, 0) is 32.1 Å². The topological polar surface area (TPSA) is 50.7 Å². The van der Waals surface area contributed by atoms with Crippen LogP contribution in [0.15, 0.2) is 0 Å². The van der Waals surface area contributed by atoms with E-state index in [9.17, 15) is 5.11 Å². The van der Waals surface area contributed by atoms with E-state index in [0.29, 0.717) is 25.3 Å². The third kappa shape index (κ3) is 7.88. The lowest BCUT2D eigenvalue weighted by Gasteiger charge is -2.27. The van der Waals surface area contributed by atoms with Gasteiger partial charge >= 0.3 is 0 Å². The van der Waals surface area contributed by atoms with E-state index in [4.69, 9.17) is 9.47 Å². The van der Waals surface area contributed by atoms with E-state index in [1.54, 1.807) is 7.11 Å². The van der Waals surface area contributed by atoms with Crippen LogP contribution in [0.25, 0.3) is 0 Å². The highest BCUT2D eigenvalue weighted by Crippen LogP contribution is 2.25. The van der Waals surface area contributed by atoms with Gasteiger partial charge in [0.1, 0.15) is 0 Å². The van der Waals surface area contributed by atoms with Crippen molar-refractivity contribution < 1.29 is 14.6 Å². The summed E-state index contributed by atoms with van der Waals surface area (Å²) in [5.41, 5.74) is 0. The lowest BCUT2D eigenvalue weighted by atomic mass is 9.89. The smallest absolute Gasteiger partial charge is 0.0897 e. The van der Waals surface area contributed by atoms with Gasteiger partial charge in [-0.15, -0.1) is 0 Å². The Morgan fingerprint density at radius 3 is 2.84 bits per heavy atom. The minimum Gasteiger partial charge on any atom is -0.389 e. The first-order valence-corrected chi connectivity index (χ1v) is 7.63. The Kier molecular flexibility index (Phi) is 8.62. The van der Waals surface area contributed by atoms with Gasteiger partial charge in [0.25, 0.3) is 0 Å². The Labute approximate surface area is 117 Å². The van der Waals surface area contributed by atoms with Crippen LogP contribution in [0.3, 0.4) is 0 Å². The van der Waals surface area contributed by atoms with Crippen LogP contribution in [0.2, 0.25) is 0 Å². The van der Waals surface area contributed by atoms with Crippen molar-refractivity contribution >= 4 is 0 Å². The van der Waals surface area contributed by atoms with E-state index in [1.807, 2.05) is 0 Å². The van der Waals surface area contributed by atoms with Crippen molar-refractivity contribution in [1.82, 2.24) is 5.32 Å². The zero-order valence-corrected chi connectivity index (χ0v) is 12.7. The molecule has 4 atom stereocenters. The molecule has 0 bridgehead atoms. The Balaban J connectivity index is 2.05. The maximum atomic E-state index is 9.90. The molecule has 4 heteroatoms. The summed E-state index contributed by atoms with van der Waals surface area (Å²) in [7, 11) is 1.71. The summed E-state index contributed by atoms with van der Waals surface area (Å²) in [6, 6.07) is 0.365. The van der Waals surface area contributed by atoms with Gasteiger partial charge in [0.05, 0.1) is 18.8 Å². The van der Waals surface area contributed by atoms with Gasteiger partial charge in [-0.1, -0.05) is 19.8 Å². The minimum atomic E-state index is -0.415. The molecule has 1 rings (SSSR count). The predicted octanol–water partition coefficient (Wildman–Crippen LogP) is 1.96. The Morgan fingerprint density at radius 2 is 2.16 bits per heavy atom. The minimum absolute atomic E-state index is 0.351. The zero-order valence-electron chi connectivity index (χ0n) is 12.7. The fourth-order valence-corrected chi connectivity index (χ4v) is 2.57. The molecule has 2 N–H and O–H groups in total. The summed E-state index contributed by atoms with van der Waals surface area (Å²) in [5.74, 6) is 0.767. The van der Waals surface area contributed by atoms with Gasteiger partial charge in [0, 0.05) is 26.3 Å². The number of aliphatic hydroxyl groups is 1. The molecule has 0 aromatic carbocycles. The molecule has 114 valence electrons. The molecular formula is C15H31NO3. The Hall–Kier alpha value is -0.160. The summed E-state index contributed by atoms with van der Waals surface area (Å²) in [6.45, 7) is 6.18. The summed E-state index contributed by atoms with van der Waals surface area (Å²) in [4.78, 5) is 0. The summed E-state index contributed by atoms with van der Waals surface area (Å²) in [5, 5.41) is 13.2. The molecule has 0 amide bonds. The summed E-state index contributed by atoms with van der Waals surface area (Å²) >= 11 is 0. The van der Waals surface area contributed by atoms with Crippen molar-refractivity contribution in [3.8, 4) is 0 Å². The monoisotopic (exact) mass is 273 g/mol. The number of ether oxygens (including phenoxy) is 2. The average molecular weight is 273 g/mol. The zero-order chi connectivity index (χ0) is 14.1. The predicted molar refractivity (Wildman–Crippen MR) is 77.3 cm³/mol. The highest BCUT2D eigenvalue weighted by molar-refractivity contribution is 4.72. The number of nitrogens with one attached hydrogen (secondary N) is 1. The third-order valence-corrected chi connectivity index (χ3v) is 3.87. The van der Waals surface area contributed by atoms with Gasteiger partial charge in [-0.2, -0.15) is 0 Å². The quantitative estimate of drug-likeness (QED) is 0.674. The van der Waals surface area contributed by atoms with Crippen LogP contribution >= 0.6 is 0 Å². The van der Waals surface area contributed by atoms with Crippen molar-refractivity contribution in [2.24, 2.45) is 5.92 Å². The summed E-state index contributed by atoms with van der Waals surface area (Å²) in [6.07, 6.45) is 5.77. The van der Waals surface area contributed by atoms with E-state index in [-0.39, 0.29) is 0 Å². The van der Waals surface area contributed by atoms with Gasteiger partial charge in [-0.3, -0.25) is 0 Å². The van der Waals surface area contributed by atoms with Crippen LogP contribution < -0.4 is 5.32 Å². The SMILES string of the molecule is COCCC(C)NCC(O)COC1CCCC(C)C1. The molecule has 4 unspecified atom stereocenters. The molecule has 0 heterocycles. The average Bonchev–Trinajstić information content (AvgIpc) is 2.40. The fourth-order valence-electron chi connectivity index (χ4n) is 2.57. The summed E-state index contributed by atoms with van der Waals surface area (Å²) < 4.78 is 10.8. The van der Waals surface area contributed by atoms with Crippen LogP contribution in [-0.2, 0) is 9.47 Å². The maximum absolute atomic E-state index is 9.90. The maximum Gasteiger partial charge on any atom is 0.0897 e. The van der Waals surface area contributed by atoms with Crippen molar-refractivity contribution in [2.75, 3.05) is 26.9 Å². The molecule has 1 saturated carbocycles. The Morgan fingerprint density at radius 1 is 1.37 bits per heavy atom. The van der Waals surface area contributed by atoms with Gasteiger partial charge in [-0.25, -0.2) is 0 Å². The first kappa shape index (κ1) is 16.9. The first-order chi connectivity index (χ1) is 9.11. The van der Waals surface area contributed by atoms with Gasteiger partial charge in [0.2, 0.25) is 0 Å². The van der Waals surface area contributed by atoms with Gasteiger partial charge in [0.15, 0.2) is 0 Å². The molecule has 0 saturated heterocycles. The molecule has 1 fully saturated rings. The van der Waals surface area contributed by atoms with E-state index in [0.717, 1.165) is 31.8 Å². The first-order valence-electron chi connectivity index (χ1n) is 7.63.